The number of carboxylic acids is 1. The fraction of sp³-hybridized carbons (Fsp3) is 0.500. The van der Waals surface area contributed by atoms with Gasteiger partial charge in [0.15, 0.2) is 0 Å². The number of benzene rings is 1. The lowest BCUT2D eigenvalue weighted by Crippen LogP contribution is -2.51. The van der Waals surface area contributed by atoms with Crippen molar-refractivity contribution in [2.45, 2.75) is 45.6 Å². The second kappa shape index (κ2) is 7.59. The molecule has 0 heterocycles. The molecule has 1 aromatic carbocycles. The molecule has 116 valence electrons. The summed E-state index contributed by atoms with van der Waals surface area (Å²) in [7, 11) is 0. The molecule has 0 fully saturated rings. The summed E-state index contributed by atoms with van der Waals surface area (Å²) in [6, 6.07) is 7.77. The minimum absolute atomic E-state index is 0.0426. The van der Waals surface area contributed by atoms with E-state index in [1.165, 1.54) is 0 Å². The Kier molecular flexibility index (Phi) is 6.40. The van der Waals surface area contributed by atoms with Crippen molar-refractivity contribution in [1.82, 2.24) is 5.32 Å². The highest BCUT2D eigenvalue weighted by Crippen LogP contribution is 2.22. The third kappa shape index (κ3) is 5.50. The predicted octanol–water partition coefficient (Wildman–Crippen LogP) is 3.39. The Morgan fingerprint density at radius 1 is 1.33 bits per heavy atom. The first-order chi connectivity index (χ1) is 9.74. The lowest BCUT2D eigenvalue weighted by molar-refractivity contribution is -0.139. The molecule has 1 atom stereocenters. The highest BCUT2D eigenvalue weighted by atomic mass is 79.9. The Morgan fingerprint density at radius 2 is 1.95 bits per heavy atom. The fourth-order valence-corrected chi connectivity index (χ4v) is 2.52. The topological polar surface area (TPSA) is 66.4 Å². The summed E-state index contributed by atoms with van der Waals surface area (Å²) in [6.07, 6.45) is 0.879. The van der Waals surface area contributed by atoms with Crippen LogP contribution >= 0.6 is 15.9 Å². The fourth-order valence-electron chi connectivity index (χ4n) is 2.04. The summed E-state index contributed by atoms with van der Waals surface area (Å²) in [5.74, 6) is -0.985. The van der Waals surface area contributed by atoms with Gasteiger partial charge in [-0.25, -0.2) is 0 Å². The molecule has 1 amide bonds. The summed E-state index contributed by atoms with van der Waals surface area (Å²) in [5.41, 5.74) is 0.341. The maximum absolute atomic E-state index is 12.1. The molecule has 1 aromatic rings. The second-order valence-corrected chi connectivity index (χ2v) is 6.64. The minimum Gasteiger partial charge on any atom is -0.481 e. The molecule has 0 aromatic heterocycles. The van der Waals surface area contributed by atoms with Gasteiger partial charge < -0.3 is 10.4 Å². The lowest BCUT2D eigenvalue weighted by Gasteiger charge is -2.33. The largest absolute Gasteiger partial charge is 0.481 e. The van der Waals surface area contributed by atoms with E-state index in [2.05, 4.69) is 21.2 Å². The van der Waals surface area contributed by atoms with Gasteiger partial charge in [0, 0.05) is 16.4 Å². The summed E-state index contributed by atoms with van der Waals surface area (Å²) in [6.45, 7) is 5.61. The van der Waals surface area contributed by atoms with Crippen molar-refractivity contribution < 1.29 is 14.7 Å². The van der Waals surface area contributed by atoms with Gasteiger partial charge in [0.05, 0.1) is 6.42 Å². The maximum Gasteiger partial charge on any atom is 0.305 e. The molecule has 0 bridgehead atoms. The van der Waals surface area contributed by atoms with E-state index in [1.54, 1.807) is 6.92 Å². The highest BCUT2D eigenvalue weighted by Gasteiger charge is 2.32. The number of aryl methyl sites for hydroxylation is 1. The third-order valence-corrected chi connectivity index (χ3v) is 4.57. The summed E-state index contributed by atoms with van der Waals surface area (Å²) < 4.78 is 0.981. The Balaban J connectivity index is 2.63. The molecule has 2 N–H and O–H groups in total. The SMILES string of the molecule is CC(C)C(C)(CC(=O)O)NC(=O)CCc1ccccc1Br. The second-order valence-electron chi connectivity index (χ2n) is 5.78. The maximum atomic E-state index is 12.1. The molecule has 0 aliphatic heterocycles. The van der Waals surface area contributed by atoms with Crippen molar-refractivity contribution >= 4 is 27.8 Å². The van der Waals surface area contributed by atoms with Gasteiger partial charge in [-0.15, -0.1) is 0 Å². The van der Waals surface area contributed by atoms with Crippen molar-refractivity contribution in [3.63, 3.8) is 0 Å². The van der Waals surface area contributed by atoms with E-state index in [0.29, 0.717) is 12.8 Å². The average Bonchev–Trinajstić information content (AvgIpc) is 2.36. The van der Waals surface area contributed by atoms with E-state index in [0.717, 1.165) is 10.0 Å². The van der Waals surface area contributed by atoms with E-state index in [9.17, 15) is 9.59 Å². The van der Waals surface area contributed by atoms with Gasteiger partial charge in [-0.05, 0) is 30.9 Å². The molecular formula is C16H22BrNO3. The Hall–Kier alpha value is -1.36. The van der Waals surface area contributed by atoms with E-state index in [4.69, 9.17) is 5.11 Å². The van der Waals surface area contributed by atoms with Crippen LogP contribution in [0.5, 0.6) is 0 Å². The Morgan fingerprint density at radius 3 is 2.48 bits per heavy atom. The number of aliphatic carboxylic acids is 1. The van der Waals surface area contributed by atoms with Crippen LogP contribution in [-0.4, -0.2) is 22.5 Å². The Labute approximate surface area is 134 Å². The number of halogens is 1. The molecule has 0 saturated heterocycles. The number of hydrogen-bond acceptors (Lipinski definition) is 2. The monoisotopic (exact) mass is 355 g/mol. The van der Waals surface area contributed by atoms with Crippen LogP contribution in [0.1, 0.15) is 39.2 Å². The van der Waals surface area contributed by atoms with Crippen molar-refractivity contribution in [3.05, 3.63) is 34.3 Å². The van der Waals surface area contributed by atoms with Crippen molar-refractivity contribution in [2.75, 3.05) is 0 Å². The summed E-state index contributed by atoms with van der Waals surface area (Å²) in [5, 5.41) is 11.9. The van der Waals surface area contributed by atoms with Crippen molar-refractivity contribution in [2.24, 2.45) is 5.92 Å². The van der Waals surface area contributed by atoms with Gasteiger partial charge in [-0.2, -0.15) is 0 Å². The number of rotatable bonds is 7. The molecular weight excluding hydrogens is 334 g/mol. The zero-order valence-electron chi connectivity index (χ0n) is 12.6. The summed E-state index contributed by atoms with van der Waals surface area (Å²) >= 11 is 3.45. The van der Waals surface area contributed by atoms with Gasteiger partial charge in [0.1, 0.15) is 0 Å². The molecule has 0 radical (unpaired) electrons. The molecule has 1 unspecified atom stereocenters. The molecule has 0 aliphatic rings. The first-order valence-corrected chi connectivity index (χ1v) is 7.80. The molecule has 0 spiro atoms. The molecule has 5 heteroatoms. The van der Waals surface area contributed by atoms with Crippen LogP contribution in [0.15, 0.2) is 28.7 Å². The normalized spacial score (nSPS) is 13.8. The van der Waals surface area contributed by atoms with Crippen LogP contribution in [0.4, 0.5) is 0 Å². The molecule has 4 nitrogen and oxygen atoms in total. The number of hydrogen-bond donors (Lipinski definition) is 2. The van der Waals surface area contributed by atoms with E-state index in [-0.39, 0.29) is 18.2 Å². The van der Waals surface area contributed by atoms with E-state index < -0.39 is 11.5 Å². The number of carbonyl (C=O) groups is 2. The third-order valence-electron chi connectivity index (χ3n) is 3.80. The number of carbonyl (C=O) groups excluding carboxylic acids is 1. The van der Waals surface area contributed by atoms with Gasteiger partial charge in [0.25, 0.3) is 0 Å². The quantitative estimate of drug-likeness (QED) is 0.787. The number of carboxylic acid groups (broad SMARTS) is 1. The van der Waals surface area contributed by atoms with Crippen molar-refractivity contribution in [1.29, 1.82) is 0 Å². The molecule has 0 saturated carbocycles. The van der Waals surface area contributed by atoms with Crippen LogP contribution < -0.4 is 5.32 Å². The summed E-state index contributed by atoms with van der Waals surface area (Å²) in [4.78, 5) is 23.1. The van der Waals surface area contributed by atoms with Crippen LogP contribution in [0.3, 0.4) is 0 Å². The van der Waals surface area contributed by atoms with Gasteiger partial charge in [-0.1, -0.05) is 48.0 Å². The van der Waals surface area contributed by atoms with Crippen LogP contribution in [0.2, 0.25) is 0 Å². The predicted molar refractivity (Wildman–Crippen MR) is 86.1 cm³/mol. The van der Waals surface area contributed by atoms with Crippen LogP contribution in [0, 0.1) is 5.92 Å². The standard InChI is InChI=1S/C16H22BrNO3/c1-11(2)16(3,10-15(20)21)18-14(19)9-8-12-6-4-5-7-13(12)17/h4-7,11H,8-10H2,1-3H3,(H,18,19)(H,20,21). The van der Waals surface area contributed by atoms with Crippen molar-refractivity contribution in [3.8, 4) is 0 Å². The van der Waals surface area contributed by atoms with Gasteiger partial charge >= 0.3 is 5.97 Å². The van der Waals surface area contributed by atoms with Gasteiger partial charge in [0.2, 0.25) is 5.91 Å². The number of amides is 1. The highest BCUT2D eigenvalue weighted by molar-refractivity contribution is 9.10. The molecule has 0 aliphatic carbocycles. The van der Waals surface area contributed by atoms with Crippen LogP contribution in [0.25, 0.3) is 0 Å². The first-order valence-electron chi connectivity index (χ1n) is 7.01. The zero-order chi connectivity index (χ0) is 16.0. The Bertz CT molecular complexity index is 516. The smallest absolute Gasteiger partial charge is 0.305 e. The zero-order valence-corrected chi connectivity index (χ0v) is 14.2. The first kappa shape index (κ1) is 17.7. The molecule has 21 heavy (non-hydrogen) atoms. The number of nitrogens with one attached hydrogen (secondary N) is 1. The van der Waals surface area contributed by atoms with E-state index in [1.807, 2.05) is 38.1 Å². The minimum atomic E-state index is -0.905. The van der Waals surface area contributed by atoms with Gasteiger partial charge in [-0.3, -0.25) is 9.59 Å². The average molecular weight is 356 g/mol. The van der Waals surface area contributed by atoms with Crippen LogP contribution in [-0.2, 0) is 16.0 Å². The van der Waals surface area contributed by atoms with E-state index >= 15 is 0 Å². The molecule has 1 rings (SSSR count). The lowest BCUT2D eigenvalue weighted by atomic mass is 9.85.